The summed E-state index contributed by atoms with van der Waals surface area (Å²) in [5, 5.41) is 0. The number of ether oxygens (including phenoxy) is 5. The molecule has 6 nitrogen and oxygen atoms in total. The highest BCUT2D eigenvalue weighted by atomic mass is 19.1. The Labute approximate surface area is 176 Å². The van der Waals surface area contributed by atoms with Crippen molar-refractivity contribution >= 4 is 0 Å². The summed E-state index contributed by atoms with van der Waals surface area (Å²) < 4.78 is 42.3. The Balaban J connectivity index is 1.22. The molecule has 0 saturated carbocycles. The lowest BCUT2D eigenvalue weighted by Crippen LogP contribution is -2.31. The predicted octanol–water partition coefficient (Wildman–Crippen LogP) is 3.07. The molecule has 2 saturated heterocycles. The average molecular weight is 417 g/mol. The fourth-order valence-corrected chi connectivity index (χ4v) is 3.78. The quantitative estimate of drug-likeness (QED) is 0.690. The van der Waals surface area contributed by atoms with Crippen molar-refractivity contribution in [2.24, 2.45) is 0 Å². The topological polar surface area (TPSA) is 49.4 Å². The number of aryl methyl sites for hydroxylation is 1. The van der Waals surface area contributed by atoms with Gasteiger partial charge >= 0.3 is 0 Å². The second-order valence-corrected chi connectivity index (χ2v) is 7.70. The van der Waals surface area contributed by atoms with Crippen LogP contribution in [0.25, 0.3) is 0 Å². The van der Waals surface area contributed by atoms with E-state index in [4.69, 9.17) is 23.7 Å². The van der Waals surface area contributed by atoms with E-state index in [1.54, 1.807) is 19.2 Å². The lowest BCUT2D eigenvalue weighted by atomic mass is 10.2. The van der Waals surface area contributed by atoms with E-state index in [0.29, 0.717) is 25.6 Å². The molecular formula is C23H28FNO5. The third-order valence-electron chi connectivity index (χ3n) is 5.38. The van der Waals surface area contributed by atoms with Gasteiger partial charge in [0.1, 0.15) is 24.3 Å². The minimum absolute atomic E-state index is 0.0146. The molecule has 2 aliphatic rings. The molecule has 2 heterocycles. The van der Waals surface area contributed by atoms with E-state index in [9.17, 15) is 4.39 Å². The number of nitrogens with zero attached hydrogens (tertiary/aromatic N) is 1. The molecule has 4 rings (SSSR count). The maximum Gasteiger partial charge on any atom is 0.161 e. The minimum atomic E-state index is -0.282. The fourth-order valence-electron chi connectivity index (χ4n) is 3.78. The lowest BCUT2D eigenvalue weighted by Gasteiger charge is -2.20. The van der Waals surface area contributed by atoms with Crippen molar-refractivity contribution in [2.45, 2.75) is 25.2 Å². The van der Waals surface area contributed by atoms with Crippen molar-refractivity contribution in [3.05, 3.63) is 53.8 Å². The summed E-state index contributed by atoms with van der Waals surface area (Å²) in [6.45, 7) is 5.86. The summed E-state index contributed by atoms with van der Waals surface area (Å²) in [5.41, 5.74) is 1.13. The van der Waals surface area contributed by atoms with Gasteiger partial charge in [0.15, 0.2) is 11.5 Å². The Kier molecular flexibility index (Phi) is 6.72. The monoisotopic (exact) mass is 417 g/mol. The Bertz CT molecular complexity index is 815. The largest absolute Gasteiger partial charge is 0.493 e. The van der Waals surface area contributed by atoms with E-state index in [0.717, 1.165) is 36.7 Å². The molecule has 162 valence electrons. The molecule has 0 N–H and O–H groups in total. The summed E-state index contributed by atoms with van der Waals surface area (Å²) in [6, 6.07) is 11.9. The second-order valence-electron chi connectivity index (χ2n) is 7.70. The van der Waals surface area contributed by atoms with Crippen molar-refractivity contribution in [3.63, 3.8) is 0 Å². The van der Waals surface area contributed by atoms with Crippen LogP contribution in [0.15, 0.2) is 42.5 Å². The molecule has 2 aliphatic heterocycles. The van der Waals surface area contributed by atoms with Crippen LogP contribution in [0.1, 0.15) is 5.56 Å². The maximum atomic E-state index is 13.0. The molecule has 2 fully saturated rings. The molecule has 0 spiro atoms. The van der Waals surface area contributed by atoms with Gasteiger partial charge in [-0.05, 0) is 48.9 Å². The summed E-state index contributed by atoms with van der Waals surface area (Å²) in [7, 11) is 1.65. The van der Waals surface area contributed by atoms with Crippen LogP contribution >= 0.6 is 0 Å². The van der Waals surface area contributed by atoms with Crippen molar-refractivity contribution in [1.29, 1.82) is 0 Å². The van der Waals surface area contributed by atoms with Crippen molar-refractivity contribution in [3.8, 4) is 17.2 Å². The highest BCUT2D eigenvalue weighted by molar-refractivity contribution is 5.42. The maximum absolute atomic E-state index is 13.0. The zero-order chi connectivity index (χ0) is 20.9. The van der Waals surface area contributed by atoms with E-state index in [1.165, 1.54) is 12.1 Å². The van der Waals surface area contributed by atoms with Crippen molar-refractivity contribution in [2.75, 3.05) is 46.6 Å². The molecule has 30 heavy (non-hydrogen) atoms. The molecule has 0 aromatic heterocycles. The Morgan fingerprint density at radius 1 is 1.00 bits per heavy atom. The highest BCUT2D eigenvalue weighted by Gasteiger charge is 2.37. The summed E-state index contributed by atoms with van der Waals surface area (Å²) in [4.78, 5) is 2.29. The first kappa shape index (κ1) is 20.9. The highest BCUT2D eigenvalue weighted by Crippen LogP contribution is 2.28. The van der Waals surface area contributed by atoms with Gasteiger partial charge in [0.05, 0.1) is 32.5 Å². The van der Waals surface area contributed by atoms with Gasteiger partial charge in [0.25, 0.3) is 0 Å². The number of methoxy groups -OCH3 is 1. The molecule has 0 bridgehead atoms. The van der Waals surface area contributed by atoms with Gasteiger partial charge in [-0.25, -0.2) is 4.39 Å². The number of likely N-dealkylation sites (tertiary alicyclic amines) is 1. The van der Waals surface area contributed by atoms with Crippen LogP contribution in [0.5, 0.6) is 17.2 Å². The van der Waals surface area contributed by atoms with Crippen LogP contribution < -0.4 is 14.2 Å². The zero-order valence-electron chi connectivity index (χ0n) is 17.4. The summed E-state index contributed by atoms with van der Waals surface area (Å²) in [6.07, 6.45) is -0.173. The molecule has 2 aromatic rings. The zero-order valence-corrected chi connectivity index (χ0v) is 17.4. The SMILES string of the molecule is COc1cc(C)ccc1OCCN1C[C@@H]2OCC(Oc3ccc(F)cc3)CO[C@H]2C1. The third-order valence-corrected chi connectivity index (χ3v) is 5.38. The molecule has 2 atom stereocenters. The van der Waals surface area contributed by atoms with Gasteiger partial charge in [-0.15, -0.1) is 0 Å². The first-order valence-corrected chi connectivity index (χ1v) is 10.3. The minimum Gasteiger partial charge on any atom is -0.493 e. The molecule has 0 radical (unpaired) electrons. The number of rotatable bonds is 7. The van der Waals surface area contributed by atoms with Crippen LogP contribution in [-0.4, -0.2) is 69.8 Å². The Hall–Kier alpha value is -2.35. The van der Waals surface area contributed by atoms with E-state index >= 15 is 0 Å². The summed E-state index contributed by atoms with van der Waals surface area (Å²) >= 11 is 0. The molecule has 0 aliphatic carbocycles. The van der Waals surface area contributed by atoms with Gasteiger partial charge in [0.2, 0.25) is 0 Å². The molecule has 0 amide bonds. The van der Waals surface area contributed by atoms with E-state index in [-0.39, 0.29) is 24.1 Å². The van der Waals surface area contributed by atoms with Gasteiger partial charge in [-0.2, -0.15) is 0 Å². The van der Waals surface area contributed by atoms with E-state index in [2.05, 4.69) is 4.90 Å². The van der Waals surface area contributed by atoms with Crippen molar-refractivity contribution < 1.29 is 28.1 Å². The average Bonchev–Trinajstić information content (AvgIpc) is 3.05. The normalized spacial score (nSPS) is 22.4. The van der Waals surface area contributed by atoms with Crippen LogP contribution in [-0.2, 0) is 9.47 Å². The van der Waals surface area contributed by atoms with E-state index < -0.39 is 0 Å². The number of hydrogen-bond donors (Lipinski definition) is 0. The van der Waals surface area contributed by atoms with E-state index in [1.807, 2.05) is 25.1 Å². The molecule has 2 aromatic carbocycles. The second kappa shape index (κ2) is 9.64. The van der Waals surface area contributed by atoms with Crippen molar-refractivity contribution in [1.82, 2.24) is 4.90 Å². The van der Waals surface area contributed by atoms with Gasteiger partial charge in [-0.3, -0.25) is 4.90 Å². The molecular weight excluding hydrogens is 389 g/mol. The first-order valence-electron chi connectivity index (χ1n) is 10.3. The Morgan fingerprint density at radius 3 is 2.37 bits per heavy atom. The van der Waals surface area contributed by atoms with Gasteiger partial charge < -0.3 is 23.7 Å². The smallest absolute Gasteiger partial charge is 0.161 e. The van der Waals surface area contributed by atoms with Crippen LogP contribution in [0.3, 0.4) is 0 Å². The first-order chi connectivity index (χ1) is 14.6. The number of hydrogen-bond acceptors (Lipinski definition) is 6. The predicted molar refractivity (Wildman–Crippen MR) is 110 cm³/mol. The van der Waals surface area contributed by atoms with Crippen LogP contribution in [0, 0.1) is 12.7 Å². The van der Waals surface area contributed by atoms with Gasteiger partial charge in [0, 0.05) is 19.6 Å². The molecule has 7 heteroatoms. The van der Waals surface area contributed by atoms with Gasteiger partial charge in [-0.1, -0.05) is 6.07 Å². The summed E-state index contributed by atoms with van der Waals surface area (Å²) in [5.74, 6) is 1.84. The molecule has 0 unspecified atom stereocenters. The fraction of sp³-hybridized carbons (Fsp3) is 0.478. The third kappa shape index (κ3) is 5.22. The number of fused-ring (bicyclic) bond motifs is 1. The van der Waals surface area contributed by atoms with Crippen LogP contribution in [0.2, 0.25) is 0 Å². The Morgan fingerprint density at radius 2 is 1.70 bits per heavy atom. The number of halogens is 1. The standard InChI is InChI=1S/C23H28FNO5/c1-16-3-8-20(21(11-16)26-2)27-10-9-25-12-22-23(13-25)29-15-19(14-28-22)30-18-6-4-17(24)5-7-18/h3-8,11,19,22-23H,9-10,12-15H2,1-2H3/t22-,23-/m0/s1. The lowest BCUT2D eigenvalue weighted by molar-refractivity contribution is -0.00461. The van der Waals surface area contributed by atoms with Crippen LogP contribution in [0.4, 0.5) is 4.39 Å². The number of benzene rings is 2.